The Morgan fingerprint density at radius 1 is 1.08 bits per heavy atom. The standard InChI is InChI=1S/C21H17N3OS/c1-2-11-24-20(18-10-9-16-6-3-4-7-17(16)13-18)15-26-21(24)23-22-14-19-8-5-12-25-19/h2-10,12-15H,1,11H2/b22-14-,23-21-. The maximum Gasteiger partial charge on any atom is 0.211 e. The van der Waals surface area contributed by atoms with E-state index in [-0.39, 0.29) is 0 Å². The molecule has 0 radical (unpaired) electrons. The normalized spacial score (nSPS) is 12.2. The Morgan fingerprint density at radius 2 is 1.96 bits per heavy atom. The molecule has 4 nitrogen and oxygen atoms in total. The predicted molar refractivity (Wildman–Crippen MR) is 107 cm³/mol. The lowest BCUT2D eigenvalue weighted by Gasteiger charge is -2.07. The van der Waals surface area contributed by atoms with Gasteiger partial charge in [-0.2, -0.15) is 5.10 Å². The largest absolute Gasteiger partial charge is 0.463 e. The summed E-state index contributed by atoms with van der Waals surface area (Å²) in [4.78, 5) is 0.816. The highest BCUT2D eigenvalue weighted by Crippen LogP contribution is 2.25. The maximum absolute atomic E-state index is 5.24. The third kappa shape index (κ3) is 3.30. The maximum atomic E-state index is 5.24. The summed E-state index contributed by atoms with van der Waals surface area (Å²) >= 11 is 1.56. The van der Waals surface area contributed by atoms with Crippen molar-refractivity contribution in [1.29, 1.82) is 0 Å². The average molecular weight is 359 g/mol. The van der Waals surface area contributed by atoms with Crippen LogP contribution in [0.25, 0.3) is 22.0 Å². The first kappa shape index (κ1) is 16.3. The number of aromatic nitrogens is 1. The Balaban J connectivity index is 1.76. The molecule has 2 aromatic heterocycles. The molecule has 2 heterocycles. The summed E-state index contributed by atoms with van der Waals surface area (Å²) in [7, 11) is 0. The van der Waals surface area contributed by atoms with E-state index in [2.05, 4.69) is 69.2 Å². The Bertz CT molecular complexity index is 1130. The molecule has 0 saturated heterocycles. The van der Waals surface area contributed by atoms with Gasteiger partial charge in [0.15, 0.2) is 0 Å². The van der Waals surface area contributed by atoms with E-state index in [4.69, 9.17) is 4.42 Å². The van der Waals surface area contributed by atoms with Crippen molar-refractivity contribution in [2.75, 3.05) is 0 Å². The Kier molecular flexibility index (Phi) is 4.62. The first-order valence-electron chi connectivity index (χ1n) is 8.24. The second kappa shape index (κ2) is 7.37. The summed E-state index contributed by atoms with van der Waals surface area (Å²) in [5.74, 6) is 0.676. The zero-order chi connectivity index (χ0) is 17.8. The Hall–Kier alpha value is -3.18. The third-order valence-electron chi connectivity index (χ3n) is 4.03. The van der Waals surface area contributed by atoms with Crippen molar-refractivity contribution in [3.05, 3.63) is 89.5 Å². The fourth-order valence-electron chi connectivity index (χ4n) is 2.79. The van der Waals surface area contributed by atoms with Gasteiger partial charge in [-0.25, -0.2) is 0 Å². The van der Waals surface area contributed by atoms with Crippen LogP contribution in [0.2, 0.25) is 0 Å². The highest BCUT2D eigenvalue weighted by molar-refractivity contribution is 7.07. The van der Waals surface area contributed by atoms with Crippen molar-refractivity contribution >= 4 is 28.3 Å². The molecule has 0 spiro atoms. The van der Waals surface area contributed by atoms with Gasteiger partial charge in [0.1, 0.15) is 5.76 Å². The molecule has 0 saturated carbocycles. The summed E-state index contributed by atoms with van der Waals surface area (Å²) < 4.78 is 7.35. The molecule has 0 aliphatic carbocycles. The van der Waals surface area contributed by atoms with Crippen molar-refractivity contribution in [3.8, 4) is 11.3 Å². The molecule has 0 atom stereocenters. The van der Waals surface area contributed by atoms with Gasteiger partial charge in [-0.15, -0.1) is 23.0 Å². The Labute approximate surface area is 155 Å². The molecule has 0 fully saturated rings. The van der Waals surface area contributed by atoms with E-state index in [1.807, 2.05) is 18.2 Å². The molecular weight excluding hydrogens is 342 g/mol. The molecule has 4 aromatic rings. The number of benzene rings is 2. The van der Waals surface area contributed by atoms with E-state index >= 15 is 0 Å². The van der Waals surface area contributed by atoms with Crippen molar-refractivity contribution in [3.63, 3.8) is 0 Å². The van der Waals surface area contributed by atoms with Crippen molar-refractivity contribution in [2.45, 2.75) is 6.54 Å². The average Bonchev–Trinajstić information content (AvgIpc) is 3.32. The zero-order valence-electron chi connectivity index (χ0n) is 14.1. The van der Waals surface area contributed by atoms with Crippen LogP contribution in [0.5, 0.6) is 0 Å². The fraction of sp³-hybridized carbons (Fsp3) is 0.0476. The van der Waals surface area contributed by atoms with E-state index in [0.717, 1.165) is 16.1 Å². The van der Waals surface area contributed by atoms with Crippen LogP contribution in [-0.4, -0.2) is 10.8 Å². The summed E-state index contributed by atoms with van der Waals surface area (Å²) in [6, 6.07) is 18.5. The van der Waals surface area contributed by atoms with Gasteiger partial charge in [0.2, 0.25) is 4.80 Å². The van der Waals surface area contributed by atoms with E-state index in [1.54, 1.807) is 23.8 Å². The van der Waals surface area contributed by atoms with Crippen molar-refractivity contribution in [1.82, 2.24) is 4.57 Å². The third-order valence-corrected chi connectivity index (χ3v) is 4.88. The smallest absolute Gasteiger partial charge is 0.211 e. The van der Waals surface area contributed by atoms with Gasteiger partial charge in [-0.3, -0.25) is 0 Å². The van der Waals surface area contributed by atoms with Crippen molar-refractivity contribution < 1.29 is 4.42 Å². The lowest BCUT2D eigenvalue weighted by Crippen LogP contribution is -2.14. The van der Waals surface area contributed by atoms with Crippen LogP contribution in [0.3, 0.4) is 0 Å². The monoisotopic (exact) mass is 359 g/mol. The number of fused-ring (bicyclic) bond motifs is 1. The number of allylic oxidation sites excluding steroid dienone is 1. The molecule has 0 N–H and O–H groups in total. The molecule has 0 bridgehead atoms. The van der Waals surface area contributed by atoms with Gasteiger partial charge in [0, 0.05) is 11.9 Å². The fourth-order valence-corrected chi connectivity index (χ4v) is 3.67. The van der Waals surface area contributed by atoms with Crippen molar-refractivity contribution in [2.24, 2.45) is 10.2 Å². The van der Waals surface area contributed by atoms with Gasteiger partial charge < -0.3 is 8.98 Å². The van der Waals surface area contributed by atoms with Crippen LogP contribution in [0, 0.1) is 0 Å². The second-order valence-corrected chi connectivity index (χ2v) is 6.56. The van der Waals surface area contributed by atoms with Crippen LogP contribution >= 0.6 is 11.3 Å². The molecule has 5 heteroatoms. The van der Waals surface area contributed by atoms with E-state index in [1.165, 1.54) is 10.8 Å². The molecule has 128 valence electrons. The molecule has 0 aliphatic rings. The topological polar surface area (TPSA) is 42.8 Å². The minimum atomic E-state index is 0.667. The number of rotatable bonds is 5. The SMILES string of the molecule is C=CCn1c(-c2ccc3ccccc3c2)cs/c1=N\N=C/c1ccco1. The zero-order valence-corrected chi connectivity index (χ0v) is 14.9. The summed E-state index contributed by atoms with van der Waals surface area (Å²) in [5, 5.41) is 13.1. The summed E-state index contributed by atoms with van der Waals surface area (Å²) in [6.45, 7) is 4.54. The lowest BCUT2D eigenvalue weighted by atomic mass is 10.1. The summed E-state index contributed by atoms with van der Waals surface area (Å²) in [5.41, 5.74) is 2.26. The first-order chi connectivity index (χ1) is 12.8. The predicted octanol–water partition coefficient (Wildman–Crippen LogP) is 5.08. The number of nitrogens with zero attached hydrogens (tertiary/aromatic N) is 3. The van der Waals surface area contributed by atoms with Crippen LogP contribution < -0.4 is 4.80 Å². The minimum absolute atomic E-state index is 0.667. The lowest BCUT2D eigenvalue weighted by molar-refractivity contribution is 0.560. The molecule has 0 aliphatic heterocycles. The van der Waals surface area contributed by atoms with Gasteiger partial charge >= 0.3 is 0 Å². The van der Waals surface area contributed by atoms with E-state index in [9.17, 15) is 0 Å². The molecule has 0 unspecified atom stereocenters. The highest BCUT2D eigenvalue weighted by Gasteiger charge is 2.08. The van der Waals surface area contributed by atoms with Gasteiger partial charge in [0.25, 0.3) is 0 Å². The van der Waals surface area contributed by atoms with Crippen LogP contribution in [0.15, 0.2) is 93.5 Å². The van der Waals surface area contributed by atoms with Crippen LogP contribution in [0.1, 0.15) is 5.76 Å². The number of hydrogen-bond donors (Lipinski definition) is 0. The quantitative estimate of drug-likeness (QED) is 0.278. The first-order valence-corrected chi connectivity index (χ1v) is 9.12. The molecule has 26 heavy (non-hydrogen) atoms. The number of hydrogen-bond acceptors (Lipinski definition) is 4. The Morgan fingerprint density at radius 3 is 2.77 bits per heavy atom. The molecule has 2 aromatic carbocycles. The van der Waals surface area contributed by atoms with Gasteiger partial charge in [0.05, 0.1) is 18.2 Å². The highest BCUT2D eigenvalue weighted by atomic mass is 32.1. The number of furan rings is 1. The van der Waals surface area contributed by atoms with Crippen LogP contribution in [0.4, 0.5) is 0 Å². The van der Waals surface area contributed by atoms with Gasteiger partial charge in [-0.1, -0.05) is 42.5 Å². The second-order valence-electron chi connectivity index (χ2n) is 5.72. The van der Waals surface area contributed by atoms with E-state index < -0.39 is 0 Å². The number of thiazole rings is 1. The molecule has 4 rings (SSSR count). The van der Waals surface area contributed by atoms with E-state index in [0.29, 0.717) is 12.3 Å². The van der Waals surface area contributed by atoms with Gasteiger partial charge in [-0.05, 0) is 34.5 Å². The molecule has 0 amide bonds. The molecular formula is C21H17N3OS. The van der Waals surface area contributed by atoms with Crippen LogP contribution in [-0.2, 0) is 6.54 Å². The minimum Gasteiger partial charge on any atom is -0.463 e. The summed E-state index contributed by atoms with van der Waals surface area (Å²) in [6.07, 6.45) is 5.09.